The third-order valence-corrected chi connectivity index (χ3v) is 0.835. The van der Waals surface area contributed by atoms with Gasteiger partial charge in [-0.25, -0.2) is 0 Å². The second-order valence-electron chi connectivity index (χ2n) is 2.06. The summed E-state index contributed by atoms with van der Waals surface area (Å²) < 4.78 is 16.2. The van der Waals surface area contributed by atoms with Crippen LogP contribution in [0.1, 0.15) is 13.8 Å². The Labute approximate surface area is 54.0 Å². The summed E-state index contributed by atoms with van der Waals surface area (Å²) in [5.74, 6) is -0.524. The third-order valence-electron chi connectivity index (χ3n) is 0.835. The smallest absolute Gasteiger partial charge is 0.302 e. The molecule has 0 bridgehead atoms. The molecule has 0 amide bonds. The van der Waals surface area contributed by atoms with Crippen LogP contribution in [0.3, 0.4) is 0 Å². The van der Waals surface area contributed by atoms with Crippen molar-refractivity contribution >= 4 is 5.97 Å². The van der Waals surface area contributed by atoms with Crippen molar-refractivity contribution < 1.29 is 13.9 Å². The molecule has 0 aliphatic heterocycles. The van der Waals surface area contributed by atoms with Gasteiger partial charge in [-0.1, -0.05) is 6.92 Å². The van der Waals surface area contributed by atoms with Gasteiger partial charge in [0.25, 0.3) is 0 Å². The Morgan fingerprint density at radius 3 is 2.67 bits per heavy atom. The molecular weight excluding hydrogens is 123 g/mol. The van der Waals surface area contributed by atoms with Gasteiger partial charge < -0.3 is 4.74 Å². The molecule has 1 atom stereocenters. The first-order valence-corrected chi connectivity index (χ1v) is 2.86. The fourth-order valence-corrected chi connectivity index (χ4v) is 0.304. The number of carbonyl (C=O) groups excluding carboxylic acids is 1. The zero-order valence-corrected chi connectivity index (χ0v) is 5.69. The Balaban J connectivity index is 3.16. The molecule has 2 nitrogen and oxygen atoms in total. The van der Waals surface area contributed by atoms with Crippen LogP contribution in [0.4, 0.5) is 4.39 Å². The maximum Gasteiger partial charge on any atom is 0.302 e. The van der Waals surface area contributed by atoms with Crippen LogP contribution in [-0.2, 0) is 9.53 Å². The highest BCUT2D eigenvalue weighted by atomic mass is 19.1. The van der Waals surface area contributed by atoms with Crippen molar-refractivity contribution in [1.82, 2.24) is 0 Å². The summed E-state index contributed by atoms with van der Waals surface area (Å²) in [6.07, 6.45) is 0. The lowest BCUT2D eigenvalue weighted by Gasteiger charge is -2.04. The van der Waals surface area contributed by atoms with E-state index in [-0.39, 0.29) is 18.5 Å². The number of rotatable bonds is 3. The Bertz CT molecular complexity index is 93.1. The van der Waals surface area contributed by atoms with Crippen molar-refractivity contribution in [3.8, 4) is 0 Å². The molecule has 0 N–H and O–H groups in total. The number of hydrogen-bond acceptors (Lipinski definition) is 2. The van der Waals surface area contributed by atoms with E-state index in [4.69, 9.17) is 0 Å². The van der Waals surface area contributed by atoms with Crippen LogP contribution in [0.5, 0.6) is 0 Å². The van der Waals surface area contributed by atoms with Gasteiger partial charge in [-0.15, -0.1) is 0 Å². The van der Waals surface area contributed by atoms with E-state index >= 15 is 0 Å². The maximum atomic E-state index is 11.6. The number of esters is 1. The molecule has 0 aromatic heterocycles. The van der Waals surface area contributed by atoms with Crippen LogP contribution >= 0.6 is 0 Å². The largest absolute Gasteiger partial charge is 0.465 e. The van der Waals surface area contributed by atoms with E-state index < -0.39 is 6.67 Å². The molecule has 9 heavy (non-hydrogen) atoms. The summed E-state index contributed by atoms with van der Waals surface area (Å²) in [5, 5.41) is 0. The van der Waals surface area contributed by atoms with Crippen LogP contribution in [0, 0.1) is 5.92 Å². The quantitative estimate of drug-likeness (QED) is 0.541. The van der Waals surface area contributed by atoms with E-state index in [2.05, 4.69) is 4.74 Å². The Morgan fingerprint density at radius 2 is 2.33 bits per heavy atom. The predicted octanol–water partition coefficient (Wildman–Crippen LogP) is 1.16. The molecule has 0 aromatic rings. The molecular formula is C6H11FO2. The minimum atomic E-state index is -0.437. The highest BCUT2D eigenvalue weighted by Crippen LogP contribution is 1.95. The first kappa shape index (κ1) is 8.40. The van der Waals surface area contributed by atoms with E-state index in [0.717, 1.165) is 0 Å². The van der Waals surface area contributed by atoms with E-state index in [1.807, 2.05) is 0 Å². The van der Waals surface area contributed by atoms with Crippen LogP contribution in [0.25, 0.3) is 0 Å². The normalized spacial score (nSPS) is 12.8. The SMILES string of the molecule is CC(=O)OC[C@H](C)CF. The fraction of sp³-hybridized carbons (Fsp3) is 0.833. The Hall–Kier alpha value is -0.600. The molecule has 3 heteroatoms. The standard InChI is InChI=1S/C6H11FO2/c1-5(3-7)4-9-6(2)8/h5H,3-4H2,1-2H3/t5-/m1/s1. The van der Waals surface area contributed by atoms with Crippen LogP contribution in [0.2, 0.25) is 0 Å². The van der Waals surface area contributed by atoms with E-state index in [9.17, 15) is 9.18 Å². The van der Waals surface area contributed by atoms with Crippen molar-refractivity contribution in [1.29, 1.82) is 0 Å². The average molecular weight is 134 g/mol. The molecule has 0 saturated heterocycles. The van der Waals surface area contributed by atoms with Crippen LogP contribution in [-0.4, -0.2) is 19.3 Å². The molecule has 0 aliphatic rings. The van der Waals surface area contributed by atoms with E-state index in [1.54, 1.807) is 6.92 Å². The molecule has 0 unspecified atom stereocenters. The van der Waals surface area contributed by atoms with Gasteiger partial charge >= 0.3 is 5.97 Å². The number of halogens is 1. The molecule has 0 aliphatic carbocycles. The van der Waals surface area contributed by atoms with Gasteiger partial charge in [0, 0.05) is 12.8 Å². The molecule has 0 heterocycles. The Kier molecular flexibility index (Phi) is 4.01. The minimum Gasteiger partial charge on any atom is -0.465 e. The number of carbonyl (C=O) groups is 1. The van der Waals surface area contributed by atoms with E-state index in [1.165, 1.54) is 6.92 Å². The molecule has 0 aromatic carbocycles. The second kappa shape index (κ2) is 4.30. The minimum absolute atomic E-state index is 0.172. The highest BCUT2D eigenvalue weighted by Gasteiger charge is 2.01. The summed E-state index contributed by atoms with van der Waals surface area (Å²) in [6.45, 7) is 2.74. The van der Waals surface area contributed by atoms with Crippen molar-refractivity contribution in [2.24, 2.45) is 5.92 Å². The second-order valence-corrected chi connectivity index (χ2v) is 2.06. The van der Waals surface area contributed by atoms with Crippen molar-refractivity contribution in [3.63, 3.8) is 0 Å². The number of hydrogen-bond donors (Lipinski definition) is 0. The van der Waals surface area contributed by atoms with Gasteiger partial charge in [0.15, 0.2) is 0 Å². The summed E-state index contributed by atoms with van der Waals surface area (Å²) in [5.41, 5.74) is 0. The Morgan fingerprint density at radius 1 is 1.78 bits per heavy atom. The van der Waals surface area contributed by atoms with Gasteiger partial charge in [0.05, 0.1) is 13.3 Å². The lowest BCUT2D eigenvalue weighted by molar-refractivity contribution is -0.142. The topological polar surface area (TPSA) is 26.3 Å². The predicted molar refractivity (Wildman–Crippen MR) is 31.8 cm³/mol. The van der Waals surface area contributed by atoms with Crippen molar-refractivity contribution in [2.75, 3.05) is 13.3 Å². The third kappa shape index (κ3) is 5.27. The number of alkyl halides is 1. The molecule has 0 spiro atoms. The zero-order valence-electron chi connectivity index (χ0n) is 5.69. The van der Waals surface area contributed by atoms with Crippen molar-refractivity contribution in [2.45, 2.75) is 13.8 Å². The summed E-state index contributed by atoms with van der Waals surface area (Å²) in [4.78, 5) is 10.1. The summed E-state index contributed by atoms with van der Waals surface area (Å²) in [6, 6.07) is 0. The van der Waals surface area contributed by atoms with Crippen molar-refractivity contribution in [3.05, 3.63) is 0 Å². The maximum absolute atomic E-state index is 11.6. The molecule has 54 valence electrons. The first-order valence-electron chi connectivity index (χ1n) is 2.86. The summed E-state index contributed by atoms with van der Waals surface area (Å²) >= 11 is 0. The monoisotopic (exact) mass is 134 g/mol. The lowest BCUT2D eigenvalue weighted by Crippen LogP contribution is -2.10. The molecule has 0 fully saturated rings. The average Bonchev–Trinajstić information content (AvgIpc) is 1.83. The van der Waals surface area contributed by atoms with Gasteiger partial charge in [0.1, 0.15) is 0 Å². The lowest BCUT2D eigenvalue weighted by atomic mass is 10.2. The van der Waals surface area contributed by atoms with Gasteiger partial charge in [-0.2, -0.15) is 0 Å². The summed E-state index contributed by atoms with van der Waals surface area (Å²) in [7, 11) is 0. The van der Waals surface area contributed by atoms with Gasteiger partial charge in [-0.3, -0.25) is 9.18 Å². The molecule has 0 radical (unpaired) electrons. The fourth-order valence-electron chi connectivity index (χ4n) is 0.304. The molecule has 0 rings (SSSR count). The molecule has 0 saturated carbocycles. The first-order chi connectivity index (χ1) is 4.16. The highest BCUT2D eigenvalue weighted by molar-refractivity contribution is 5.65. The van der Waals surface area contributed by atoms with Gasteiger partial charge in [0.2, 0.25) is 0 Å². The van der Waals surface area contributed by atoms with E-state index in [0.29, 0.717) is 0 Å². The van der Waals surface area contributed by atoms with Gasteiger partial charge in [-0.05, 0) is 0 Å². The zero-order chi connectivity index (χ0) is 7.28. The number of ether oxygens (including phenoxy) is 1. The van der Waals surface area contributed by atoms with Crippen LogP contribution in [0.15, 0.2) is 0 Å². The van der Waals surface area contributed by atoms with Crippen LogP contribution < -0.4 is 0 Å².